The smallest absolute Gasteiger partial charge is 0.335 e. The molecule has 0 atom stereocenters. The lowest BCUT2D eigenvalue weighted by Gasteiger charge is -2.15. The van der Waals surface area contributed by atoms with E-state index >= 15 is 0 Å². The number of carbonyl (C=O) groups excluding carboxylic acids is 2. The van der Waals surface area contributed by atoms with Gasteiger partial charge in [0.05, 0.1) is 32.6 Å². The minimum atomic E-state index is -1.17. The lowest BCUT2D eigenvalue weighted by atomic mass is 10.1. The fourth-order valence-corrected chi connectivity index (χ4v) is 3.25. The number of ether oxygens (including phenoxy) is 3. The molecule has 3 aromatic carbocycles. The molecule has 0 bridgehead atoms. The van der Waals surface area contributed by atoms with E-state index in [1.165, 1.54) is 45.6 Å². The highest BCUT2D eigenvalue weighted by atomic mass is 16.5. The summed E-state index contributed by atoms with van der Waals surface area (Å²) in [7, 11) is 4.33. The van der Waals surface area contributed by atoms with Crippen LogP contribution < -0.4 is 24.8 Å². The number of aromatic carboxylic acids is 1. The second kappa shape index (κ2) is 11.4. The molecule has 180 valence electrons. The normalized spacial score (nSPS) is 10.8. The third kappa shape index (κ3) is 5.97. The standard InChI is InChI=1S/C26H24N2O7/c1-33-21-13-12-18(26(31)32)15-19(21)27-25(30)20(28-24(29)16-8-5-4-6-9-16)14-17-10-7-11-22(34-2)23(17)35-3/h4-15H,1-3H3,(H,27,30)(H,28,29)(H,31,32)/b20-14+. The predicted octanol–water partition coefficient (Wildman–Crippen LogP) is 3.82. The lowest BCUT2D eigenvalue weighted by molar-refractivity contribution is -0.113. The van der Waals surface area contributed by atoms with Gasteiger partial charge < -0.3 is 30.0 Å². The molecule has 0 aliphatic carbocycles. The molecule has 0 aliphatic rings. The number of carbonyl (C=O) groups is 3. The van der Waals surface area contributed by atoms with Crippen molar-refractivity contribution in [3.8, 4) is 17.2 Å². The van der Waals surface area contributed by atoms with Gasteiger partial charge in [0.2, 0.25) is 0 Å². The molecule has 9 nitrogen and oxygen atoms in total. The lowest BCUT2D eigenvalue weighted by Crippen LogP contribution is -2.31. The number of rotatable bonds is 9. The van der Waals surface area contributed by atoms with Crippen LogP contribution in [0.15, 0.2) is 72.4 Å². The number of hydrogen-bond donors (Lipinski definition) is 3. The van der Waals surface area contributed by atoms with Gasteiger partial charge in [-0.3, -0.25) is 9.59 Å². The number of nitrogens with one attached hydrogen (secondary N) is 2. The molecule has 0 radical (unpaired) electrons. The first kappa shape index (κ1) is 24.8. The topological polar surface area (TPSA) is 123 Å². The van der Waals surface area contributed by atoms with Gasteiger partial charge in [0.1, 0.15) is 11.4 Å². The van der Waals surface area contributed by atoms with E-state index in [1.54, 1.807) is 48.5 Å². The SMILES string of the molecule is COc1ccc(C(=O)O)cc1NC(=O)/C(=C\c1cccc(OC)c1OC)NC(=O)c1ccccc1. The maximum atomic E-state index is 13.3. The number of para-hydroxylation sites is 1. The van der Waals surface area contributed by atoms with Crippen LogP contribution in [0.25, 0.3) is 6.08 Å². The molecular formula is C26H24N2O7. The Kier molecular flexibility index (Phi) is 8.07. The number of methoxy groups -OCH3 is 3. The van der Waals surface area contributed by atoms with E-state index in [1.807, 2.05) is 0 Å². The minimum absolute atomic E-state index is 0.0468. The van der Waals surface area contributed by atoms with Crippen molar-refractivity contribution in [2.24, 2.45) is 0 Å². The maximum Gasteiger partial charge on any atom is 0.335 e. The van der Waals surface area contributed by atoms with Crippen molar-refractivity contribution < 1.29 is 33.7 Å². The second-order valence-corrected chi connectivity index (χ2v) is 7.14. The molecule has 3 aromatic rings. The Morgan fingerprint density at radius 1 is 0.800 bits per heavy atom. The average molecular weight is 476 g/mol. The summed E-state index contributed by atoms with van der Waals surface area (Å²) in [5, 5.41) is 14.6. The van der Waals surface area contributed by atoms with Crippen LogP contribution in [0.3, 0.4) is 0 Å². The minimum Gasteiger partial charge on any atom is -0.495 e. The van der Waals surface area contributed by atoms with Gasteiger partial charge in [0.25, 0.3) is 11.8 Å². The maximum absolute atomic E-state index is 13.3. The molecule has 0 spiro atoms. The van der Waals surface area contributed by atoms with Crippen molar-refractivity contribution in [2.45, 2.75) is 0 Å². The van der Waals surface area contributed by atoms with E-state index in [4.69, 9.17) is 14.2 Å². The van der Waals surface area contributed by atoms with Gasteiger partial charge in [-0.15, -0.1) is 0 Å². The number of hydrogen-bond acceptors (Lipinski definition) is 6. The molecule has 9 heteroatoms. The molecule has 3 N–H and O–H groups in total. The Hall–Kier alpha value is -4.79. The molecule has 2 amide bonds. The molecule has 3 rings (SSSR count). The summed E-state index contributed by atoms with van der Waals surface area (Å²) in [6.45, 7) is 0. The second-order valence-electron chi connectivity index (χ2n) is 7.14. The number of anilines is 1. The third-order valence-electron chi connectivity index (χ3n) is 4.96. The quantitative estimate of drug-likeness (QED) is 0.401. The largest absolute Gasteiger partial charge is 0.495 e. The summed E-state index contributed by atoms with van der Waals surface area (Å²) >= 11 is 0. The van der Waals surface area contributed by atoms with Gasteiger partial charge in [-0.2, -0.15) is 0 Å². The van der Waals surface area contributed by atoms with Crippen LogP contribution >= 0.6 is 0 Å². The van der Waals surface area contributed by atoms with Gasteiger partial charge in [-0.05, 0) is 42.5 Å². The molecule has 0 saturated heterocycles. The van der Waals surface area contributed by atoms with Gasteiger partial charge >= 0.3 is 5.97 Å². The van der Waals surface area contributed by atoms with Gasteiger partial charge in [-0.25, -0.2) is 4.79 Å². The first-order chi connectivity index (χ1) is 16.9. The van der Waals surface area contributed by atoms with E-state index in [-0.39, 0.29) is 22.7 Å². The molecule has 35 heavy (non-hydrogen) atoms. The average Bonchev–Trinajstić information content (AvgIpc) is 2.88. The number of carboxylic acid groups (broad SMARTS) is 1. The Bertz CT molecular complexity index is 1270. The van der Waals surface area contributed by atoms with Crippen LogP contribution in [-0.2, 0) is 4.79 Å². The number of carboxylic acids is 1. The predicted molar refractivity (Wildman–Crippen MR) is 130 cm³/mol. The Morgan fingerprint density at radius 3 is 2.14 bits per heavy atom. The van der Waals surface area contributed by atoms with Gasteiger partial charge in [-0.1, -0.05) is 30.3 Å². The molecule has 0 aromatic heterocycles. The molecule has 0 aliphatic heterocycles. The summed E-state index contributed by atoms with van der Waals surface area (Å²) < 4.78 is 16.0. The monoisotopic (exact) mass is 476 g/mol. The van der Waals surface area contributed by atoms with Crippen molar-refractivity contribution in [2.75, 3.05) is 26.6 Å². The Morgan fingerprint density at radius 2 is 1.51 bits per heavy atom. The molecule has 0 fully saturated rings. The van der Waals surface area contributed by atoms with Crippen molar-refractivity contribution in [1.82, 2.24) is 5.32 Å². The van der Waals surface area contributed by atoms with E-state index in [2.05, 4.69) is 10.6 Å². The van der Waals surface area contributed by atoms with E-state index in [0.29, 0.717) is 22.6 Å². The fourth-order valence-electron chi connectivity index (χ4n) is 3.25. The summed E-state index contributed by atoms with van der Waals surface area (Å²) in [6, 6.07) is 17.5. The number of benzene rings is 3. The van der Waals surface area contributed by atoms with E-state index in [9.17, 15) is 19.5 Å². The zero-order valence-electron chi connectivity index (χ0n) is 19.3. The highest BCUT2D eigenvalue weighted by Gasteiger charge is 2.19. The van der Waals surface area contributed by atoms with Crippen molar-refractivity contribution in [3.63, 3.8) is 0 Å². The first-order valence-electron chi connectivity index (χ1n) is 10.4. The summed E-state index contributed by atoms with van der Waals surface area (Å²) in [6.07, 6.45) is 1.44. The summed E-state index contributed by atoms with van der Waals surface area (Å²) in [5.41, 5.74) is 0.767. The molecular weight excluding hydrogens is 452 g/mol. The zero-order valence-corrected chi connectivity index (χ0v) is 19.3. The number of amides is 2. The molecule has 0 heterocycles. The van der Waals surface area contributed by atoms with Crippen LogP contribution in [0, 0.1) is 0 Å². The first-order valence-corrected chi connectivity index (χ1v) is 10.4. The van der Waals surface area contributed by atoms with Crippen LogP contribution in [0.1, 0.15) is 26.3 Å². The van der Waals surface area contributed by atoms with Crippen molar-refractivity contribution in [1.29, 1.82) is 0 Å². The highest BCUT2D eigenvalue weighted by Crippen LogP contribution is 2.32. The summed E-state index contributed by atoms with van der Waals surface area (Å²) in [5.74, 6) is -1.35. The van der Waals surface area contributed by atoms with E-state index < -0.39 is 17.8 Å². The molecule has 0 saturated carbocycles. The van der Waals surface area contributed by atoms with Crippen LogP contribution in [0.5, 0.6) is 17.2 Å². The Labute approximate surface area is 201 Å². The zero-order chi connectivity index (χ0) is 25.4. The third-order valence-corrected chi connectivity index (χ3v) is 4.96. The van der Waals surface area contributed by atoms with Crippen molar-refractivity contribution >= 4 is 29.5 Å². The van der Waals surface area contributed by atoms with Crippen molar-refractivity contribution in [3.05, 3.63) is 89.1 Å². The Balaban J connectivity index is 2.04. The van der Waals surface area contributed by atoms with Gasteiger partial charge in [0, 0.05) is 11.1 Å². The molecule has 0 unspecified atom stereocenters. The van der Waals surface area contributed by atoms with Crippen LogP contribution in [0.2, 0.25) is 0 Å². The summed E-state index contributed by atoms with van der Waals surface area (Å²) in [4.78, 5) is 37.6. The van der Waals surface area contributed by atoms with Crippen LogP contribution in [-0.4, -0.2) is 44.2 Å². The van der Waals surface area contributed by atoms with E-state index in [0.717, 1.165) is 0 Å². The van der Waals surface area contributed by atoms with Gasteiger partial charge in [0.15, 0.2) is 11.5 Å². The fraction of sp³-hybridized carbons (Fsp3) is 0.115. The highest BCUT2D eigenvalue weighted by molar-refractivity contribution is 6.11. The van der Waals surface area contributed by atoms with Crippen LogP contribution in [0.4, 0.5) is 5.69 Å².